The van der Waals surface area contributed by atoms with E-state index in [1.165, 1.54) is 12.8 Å². The highest BCUT2D eigenvalue weighted by atomic mass is 16.5. The van der Waals surface area contributed by atoms with Crippen LogP contribution in [-0.2, 0) is 9.53 Å². The summed E-state index contributed by atoms with van der Waals surface area (Å²) in [4.78, 5) is 10.8. The van der Waals surface area contributed by atoms with Crippen LogP contribution in [0.15, 0.2) is 0 Å². The summed E-state index contributed by atoms with van der Waals surface area (Å²) in [5.41, 5.74) is 0. The number of rotatable bonds is 6. The number of unbranched alkanes of at least 4 members (excludes halogenated alkanes) is 1. The van der Waals surface area contributed by atoms with Crippen LogP contribution in [0, 0.1) is 5.92 Å². The maximum Gasteiger partial charge on any atom is 0.320 e. The predicted molar refractivity (Wildman–Crippen MR) is 62.5 cm³/mol. The monoisotopic (exact) mass is 229 g/mol. The molecule has 0 bridgehead atoms. The first kappa shape index (κ1) is 13.5. The molecule has 0 amide bonds. The summed E-state index contributed by atoms with van der Waals surface area (Å²) in [7, 11) is 1.73. The van der Waals surface area contributed by atoms with Crippen LogP contribution < -0.4 is 5.32 Å². The normalized spacial score (nSPS) is 26.3. The molecule has 4 nitrogen and oxygen atoms in total. The summed E-state index contributed by atoms with van der Waals surface area (Å²) in [5, 5.41) is 12.0. The van der Waals surface area contributed by atoms with Gasteiger partial charge in [-0.3, -0.25) is 4.79 Å². The Hall–Kier alpha value is -0.610. The van der Waals surface area contributed by atoms with Gasteiger partial charge in [0.1, 0.15) is 6.04 Å². The van der Waals surface area contributed by atoms with Crippen molar-refractivity contribution in [3.05, 3.63) is 0 Å². The molecule has 1 aliphatic heterocycles. The Balaban J connectivity index is 2.17. The highest BCUT2D eigenvalue weighted by Gasteiger charge is 2.22. The molecule has 0 aromatic rings. The minimum Gasteiger partial charge on any atom is -0.480 e. The molecule has 1 aliphatic rings. The van der Waals surface area contributed by atoms with E-state index in [1.807, 2.05) is 0 Å². The van der Waals surface area contributed by atoms with Gasteiger partial charge in [-0.05, 0) is 38.1 Å². The number of carboxylic acid groups (broad SMARTS) is 1. The quantitative estimate of drug-likeness (QED) is 0.680. The summed E-state index contributed by atoms with van der Waals surface area (Å²) >= 11 is 0. The molecule has 0 aromatic heterocycles. The molecule has 0 radical (unpaired) electrons. The Labute approximate surface area is 97.4 Å². The molecule has 2 unspecified atom stereocenters. The number of ether oxygens (including phenoxy) is 1. The summed E-state index contributed by atoms with van der Waals surface area (Å²) in [6.45, 7) is 1.68. The molecular weight excluding hydrogens is 206 g/mol. The molecule has 0 aliphatic carbocycles. The van der Waals surface area contributed by atoms with E-state index in [4.69, 9.17) is 9.84 Å². The van der Waals surface area contributed by atoms with E-state index in [0.717, 1.165) is 38.8 Å². The van der Waals surface area contributed by atoms with Crippen molar-refractivity contribution in [1.29, 1.82) is 0 Å². The number of hydrogen-bond donors (Lipinski definition) is 2. The van der Waals surface area contributed by atoms with E-state index < -0.39 is 5.97 Å². The van der Waals surface area contributed by atoms with Gasteiger partial charge in [0.25, 0.3) is 0 Å². The Morgan fingerprint density at radius 1 is 1.38 bits per heavy atom. The second kappa shape index (κ2) is 7.63. The minimum absolute atomic E-state index is 0.330. The van der Waals surface area contributed by atoms with E-state index in [0.29, 0.717) is 5.92 Å². The molecule has 0 aromatic carbocycles. The minimum atomic E-state index is -0.708. The fourth-order valence-corrected chi connectivity index (χ4v) is 2.29. The lowest BCUT2D eigenvalue weighted by Gasteiger charge is -2.12. The molecule has 1 fully saturated rings. The third-order valence-electron chi connectivity index (χ3n) is 3.32. The van der Waals surface area contributed by atoms with Crippen LogP contribution in [0.5, 0.6) is 0 Å². The van der Waals surface area contributed by atoms with Crippen LogP contribution in [-0.4, -0.2) is 37.4 Å². The van der Waals surface area contributed by atoms with Crippen molar-refractivity contribution in [3.63, 3.8) is 0 Å². The smallest absolute Gasteiger partial charge is 0.320 e. The number of nitrogens with one attached hydrogen (secondary N) is 1. The Kier molecular flexibility index (Phi) is 6.42. The van der Waals surface area contributed by atoms with E-state index in [9.17, 15) is 4.79 Å². The van der Waals surface area contributed by atoms with Gasteiger partial charge in [0.05, 0.1) is 0 Å². The van der Waals surface area contributed by atoms with Crippen molar-refractivity contribution >= 4 is 5.97 Å². The lowest BCUT2D eigenvalue weighted by molar-refractivity contribution is -0.139. The van der Waals surface area contributed by atoms with Crippen LogP contribution in [0.25, 0.3) is 0 Å². The first-order valence-electron chi connectivity index (χ1n) is 6.19. The van der Waals surface area contributed by atoms with Crippen LogP contribution >= 0.6 is 0 Å². The second-order valence-electron chi connectivity index (χ2n) is 4.57. The second-order valence-corrected chi connectivity index (χ2v) is 4.57. The van der Waals surface area contributed by atoms with Crippen molar-refractivity contribution in [2.24, 2.45) is 5.92 Å². The fraction of sp³-hybridized carbons (Fsp3) is 0.917. The highest BCUT2D eigenvalue weighted by Crippen LogP contribution is 2.22. The molecule has 2 atom stereocenters. The fourth-order valence-electron chi connectivity index (χ4n) is 2.29. The average Bonchev–Trinajstić information content (AvgIpc) is 2.50. The molecule has 4 heteroatoms. The first-order chi connectivity index (χ1) is 7.74. The SMILES string of the molecule is COCCCCC1CCNC(C(=O)O)CC1. The molecule has 0 saturated carbocycles. The van der Waals surface area contributed by atoms with E-state index in [-0.39, 0.29) is 6.04 Å². The van der Waals surface area contributed by atoms with Crippen molar-refractivity contribution in [2.75, 3.05) is 20.3 Å². The standard InChI is InChI=1S/C12H23NO3/c1-16-9-3-2-4-10-5-6-11(12(14)15)13-8-7-10/h10-11,13H,2-9H2,1H3,(H,14,15). The van der Waals surface area contributed by atoms with Crippen LogP contribution in [0.3, 0.4) is 0 Å². The zero-order valence-electron chi connectivity index (χ0n) is 10.1. The number of carbonyl (C=O) groups is 1. The number of hydrogen-bond acceptors (Lipinski definition) is 3. The van der Waals surface area contributed by atoms with Crippen LogP contribution in [0.1, 0.15) is 38.5 Å². The number of methoxy groups -OCH3 is 1. The number of aliphatic carboxylic acids is 1. The Bertz CT molecular complexity index is 208. The van der Waals surface area contributed by atoms with Crippen molar-refractivity contribution in [2.45, 2.75) is 44.6 Å². The van der Waals surface area contributed by atoms with Crippen LogP contribution in [0.4, 0.5) is 0 Å². The molecule has 0 spiro atoms. The molecule has 1 rings (SSSR count). The Morgan fingerprint density at radius 3 is 2.88 bits per heavy atom. The van der Waals surface area contributed by atoms with Crippen LogP contribution in [0.2, 0.25) is 0 Å². The van der Waals surface area contributed by atoms with Gasteiger partial charge >= 0.3 is 5.97 Å². The zero-order chi connectivity index (χ0) is 11.8. The third kappa shape index (κ3) is 4.94. The maximum absolute atomic E-state index is 10.8. The van der Waals surface area contributed by atoms with Crippen molar-refractivity contribution < 1.29 is 14.6 Å². The van der Waals surface area contributed by atoms with Gasteiger partial charge in [-0.15, -0.1) is 0 Å². The van der Waals surface area contributed by atoms with Gasteiger partial charge in [0, 0.05) is 13.7 Å². The summed E-state index contributed by atoms with van der Waals surface area (Å²) in [6, 6.07) is -0.330. The average molecular weight is 229 g/mol. The summed E-state index contributed by atoms with van der Waals surface area (Å²) in [6.07, 6.45) is 6.43. The largest absolute Gasteiger partial charge is 0.480 e. The van der Waals surface area contributed by atoms with Gasteiger partial charge < -0.3 is 15.2 Å². The van der Waals surface area contributed by atoms with E-state index in [1.54, 1.807) is 7.11 Å². The van der Waals surface area contributed by atoms with Gasteiger partial charge in [-0.25, -0.2) is 0 Å². The maximum atomic E-state index is 10.8. The first-order valence-corrected chi connectivity index (χ1v) is 6.19. The molecule has 1 heterocycles. The summed E-state index contributed by atoms with van der Waals surface area (Å²) < 4.78 is 5.01. The third-order valence-corrected chi connectivity index (χ3v) is 3.32. The van der Waals surface area contributed by atoms with E-state index in [2.05, 4.69) is 5.32 Å². The molecule has 2 N–H and O–H groups in total. The van der Waals surface area contributed by atoms with E-state index >= 15 is 0 Å². The zero-order valence-corrected chi connectivity index (χ0v) is 10.1. The van der Waals surface area contributed by atoms with Gasteiger partial charge in [0.15, 0.2) is 0 Å². The van der Waals surface area contributed by atoms with Gasteiger partial charge in [-0.1, -0.05) is 12.8 Å². The lowest BCUT2D eigenvalue weighted by Crippen LogP contribution is -2.35. The van der Waals surface area contributed by atoms with Gasteiger partial charge in [0.2, 0.25) is 0 Å². The highest BCUT2D eigenvalue weighted by molar-refractivity contribution is 5.73. The van der Waals surface area contributed by atoms with Crippen molar-refractivity contribution in [1.82, 2.24) is 5.32 Å². The Morgan fingerprint density at radius 2 is 2.19 bits per heavy atom. The topological polar surface area (TPSA) is 58.6 Å². The lowest BCUT2D eigenvalue weighted by atomic mass is 9.93. The number of carboxylic acids is 1. The molecule has 16 heavy (non-hydrogen) atoms. The molecular formula is C12H23NO3. The molecule has 94 valence electrons. The van der Waals surface area contributed by atoms with Crippen molar-refractivity contribution in [3.8, 4) is 0 Å². The summed E-state index contributed by atoms with van der Waals surface area (Å²) in [5.74, 6) is -0.0197. The predicted octanol–water partition coefficient (Wildman–Crippen LogP) is 1.65. The van der Waals surface area contributed by atoms with Gasteiger partial charge in [-0.2, -0.15) is 0 Å². The molecule has 1 saturated heterocycles.